The van der Waals surface area contributed by atoms with Crippen molar-refractivity contribution in [3.8, 4) is 0 Å². The van der Waals surface area contributed by atoms with Gasteiger partial charge in [0.15, 0.2) is 0 Å². The van der Waals surface area contributed by atoms with Crippen LogP contribution >= 0.6 is 0 Å². The molecule has 0 unspecified atom stereocenters. The largest absolute Gasteiger partial charge is 0.480 e. The second-order valence-electron chi connectivity index (χ2n) is 3.49. The van der Waals surface area contributed by atoms with Gasteiger partial charge < -0.3 is 10.4 Å². The van der Waals surface area contributed by atoms with Crippen LogP contribution in [-0.4, -0.2) is 28.0 Å². The Morgan fingerprint density at radius 1 is 1.44 bits per heavy atom. The standard InChI is InChI=1S/C11H14N2O3/c1-8(14)13-10(11(15)16)3-2-9-4-6-12-7-5-9/h4-7,10H,2-3H2,1H3,(H,13,14)(H,15,16)/t10-/m1/s1. The van der Waals surface area contributed by atoms with Gasteiger partial charge in [-0.05, 0) is 30.5 Å². The summed E-state index contributed by atoms with van der Waals surface area (Å²) in [5, 5.41) is 11.3. The van der Waals surface area contributed by atoms with Crippen LogP contribution < -0.4 is 5.32 Å². The number of nitrogens with zero attached hydrogens (tertiary/aromatic N) is 1. The lowest BCUT2D eigenvalue weighted by Crippen LogP contribution is -2.39. The Bertz CT molecular complexity index is 365. The molecule has 0 aromatic carbocycles. The minimum atomic E-state index is -1.01. The zero-order valence-electron chi connectivity index (χ0n) is 9.01. The van der Waals surface area contributed by atoms with Gasteiger partial charge >= 0.3 is 5.97 Å². The molecule has 5 nitrogen and oxygen atoms in total. The van der Waals surface area contributed by atoms with E-state index < -0.39 is 12.0 Å². The summed E-state index contributed by atoms with van der Waals surface area (Å²) >= 11 is 0. The van der Waals surface area contributed by atoms with Gasteiger partial charge in [-0.15, -0.1) is 0 Å². The quantitative estimate of drug-likeness (QED) is 0.764. The molecule has 1 amide bonds. The minimum absolute atomic E-state index is 0.331. The molecule has 0 spiro atoms. The van der Waals surface area contributed by atoms with Crippen LogP contribution in [0.5, 0.6) is 0 Å². The van der Waals surface area contributed by atoms with Crippen molar-refractivity contribution in [1.29, 1.82) is 0 Å². The molecule has 0 aliphatic heterocycles. The van der Waals surface area contributed by atoms with Crippen LogP contribution in [0.4, 0.5) is 0 Å². The first kappa shape index (κ1) is 12.2. The lowest BCUT2D eigenvalue weighted by Gasteiger charge is -2.12. The molecule has 1 heterocycles. The summed E-state index contributed by atoms with van der Waals surface area (Å²) in [5.41, 5.74) is 1.01. The van der Waals surface area contributed by atoms with E-state index in [1.54, 1.807) is 12.4 Å². The lowest BCUT2D eigenvalue weighted by molar-refractivity contribution is -0.141. The number of carbonyl (C=O) groups excluding carboxylic acids is 1. The van der Waals surface area contributed by atoms with Crippen LogP contribution in [0.1, 0.15) is 18.9 Å². The van der Waals surface area contributed by atoms with Gasteiger partial charge in [-0.2, -0.15) is 0 Å². The van der Waals surface area contributed by atoms with E-state index in [0.717, 1.165) is 5.56 Å². The Morgan fingerprint density at radius 2 is 2.06 bits per heavy atom. The first-order valence-electron chi connectivity index (χ1n) is 4.98. The van der Waals surface area contributed by atoms with Crippen molar-refractivity contribution in [2.24, 2.45) is 0 Å². The minimum Gasteiger partial charge on any atom is -0.480 e. The fourth-order valence-electron chi connectivity index (χ4n) is 1.36. The van der Waals surface area contributed by atoms with Gasteiger partial charge in [0.1, 0.15) is 6.04 Å². The molecule has 5 heteroatoms. The van der Waals surface area contributed by atoms with Gasteiger partial charge in [-0.1, -0.05) is 0 Å². The molecule has 0 radical (unpaired) electrons. The smallest absolute Gasteiger partial charge is 0.326 e. The first-order valence-corrected chi connectivity index (χ1v) is 4.98. The molecule has 0 bridgehead atoms. The fraction of sp³-hybridized carbons (Fsp3) is 0.364. The van der Waals surface area contributed by atoms with E-state index in [2.05, 4.69) is 10.3 Å². The molecule has 16 heavy (non-hydrogen) atoms. The summed E-state index contributed by atoms with van der Waals surface area (Å²) in [6, 6.07) is 2.82. The Balaban J connectivity index is 2.50. The van der Waals surface area contributed by atoms with Crippen molar-refractivity contribution in [1.82, 2.24) is 10.3 Å². The fourth-order valence-corrected chi connectivity index (χ4v) is 1.36. The van der Waals surface area contributed by atoms with E-state index >= 15 is 0 Å². The number of rotatable bonds is 5. The van der Waals surface area contributed by atoms with Gasteiger partial charge in [0.25, 0.3) is 0 Å². The molecular weight excluding hydrogens is 208 g/mol. The van der Waals surface area contributed by atoms with E-state index in [0.29, 0.717) is 12.8 Å². The number of aliphatic carboxylic acids is 1. The lowest BCUT2D eigenvalue weighted by atomic mass is 10.1. The number of aromatic nitrogens is 1. The van der Waals surface area contributed by atoms with Crippen molar-refractivity contribution in [2.75, 3.05) is 0 Å². The monoisotopic (exact) mass is 222 g/mol. The molecule has 86 valence electrons. The van der Waals surface area contributed by atoms with E-state index in [1.807, 2.05) is 12.1 Å². The molecule has 1 aromatic rings. The second kappa shape index (κ2) is 5.85. The van der Waals surface area contributed by atoms with Crippen molar-refractivity contribution < 1.29 is 14.7 Å². The van der Waals surface area contributed by atoms with Gasteiger partial charge in [-0.3, -0.25) is 9.78 Å². The van der Waals surface area contributed by atoms with Crippen molar-refractivity contribution in [3.63, 3.8) is 0 Å². The Morgan fingerprint density at radius 3 is 2.56 bits per heavy atom. The SMILES string of the molecule is CC(=O)N[C@H](CCc1ccncc1)C(=O)O. The molecule has 0 aliphatic rings. The van der Waals surface area contributed by atoms with E-state index in [9.17, 15) is 9.59 Å². The highest BCUT2D eigenvalue weighted by Crippen LogP contribution is 2.04. The average molecular weight is 222 g/mol. The maximum Gasteiger partial charge on any atom is 0.326 e. The zero-order chi connectivity index (χ0) is 12.0. The number of nitrogens with one attached hydrogen (secondary N) is 1. The molecule has 0 aliphatic carbocycles. The summed E-state index contributed by atoms with van der Waals surface area (Å²) in [6.07, 6.45) is 4.28. The number of aryl methyl sites for hydroxylation is 1. The number of hydrogen-bond acceptors (Lipinski definition) is 3. The van der Waals surface area contributed by atoms with Gasteiger partial charge in [0, 0.05) is 19.3 Å². The van der Waals surface area contributed by atoms with Crippen LogP contribution in [-0.2, 0) is 16.0 Å². The predicted octanol–water partition coefficient (Wildman–Crippen LogP) is 0.603. The summed E-state index contributed by atoms with van der Waals surface area (Å²) in [6.45, 7) is 1.31. The van der Waals surface area contributed by atoms with Crippen LogP contribution in [0.25, 0.3) is 0 Å². The molecule has 0 saturated carbocycles. The van der Waals surface area contributed by atoms with E-state index in [-0.39, 0.29) is 5.91 Å². The molecule has 1 atom stereocenters. The average Bonchev–Trinajstić information content (AvgIpc) is 2.25. The van der Waals surface area contributed by atoms with Crippen molar-refractivity contribution in [3.05, 3.63) is 30.1 Å². The highest BCUT2D eigenvalue weighted by atomic mass is 16.4. The first-order chi connectivity index (χ1) is 7.59. The number of carbonyl (C=O) groups is 2. The topological polar surface area (TPSA) is 79.3 Å². The Hall–Kier alpha value is -1.91. The summed E-state index contributed by atoms with van der Waals surface area (Å²) < 4.78 is 0. The van der Waals surface area contributed by atoms with Gasteiger partial charge in [-0.25, -0.2) is 4.79 Å². The normalized spacial score (nSPS) is 11.8. The summed E-state index contributed by atoms with van der Waals surface area (Å²) in [4.78, 5) is 25.5. The zero-order valence-corrected chi connectivity index (χ0v) is 9.01. The number of carboxylic acids is 1. The number of amides is 1. The molecular formula is C11H14N2O3. The third kappa shape index (κ3) is 4.08. The Labute approximate surface area is 93.5 Å². The molecule has 1 rings (SSSR count). The van der Waals surface area contributed by atoms with Gasteiger partial charge in [0.2, 0.25) is 5.91 Å². The van der Waals surface area contributed by atoms with Crippen molar-refractivity contribution in [2.45, 2.75) is 25.8 Å². The van der Waals surface area contributed by atoms with Crippen LogP contribution in [0.3, 0.4) is 0 Å². The summed E-state index contributed by atoms with van der Waals surface area (Å²) in [5.74, 6) is -1.34. The van der Waals surface area contributed by atoms with E-state index in [1.165, 1.54) is 6.92 Å². The molecule has 1 aromatic heterocycles. The number of carboxylic acid groups (broad SMARTS) is 1. The highest BCUT2D eigenvalue weighted by Gasteiger charge is 2.17. The van der Waals surface area contributed by atoms with Crippen LogP contribution in [0.2, 0.25) is 0 Å². The highest BCUT2D eigenvalue weighted by molar-refractivity contribution is 5.82. The van der Waals surface area contributed by atoms with Crippen molar-refractivity contribution >= 4 is 11.9 Å². The number of hydrogen-bond donors (Lipinski definition) is 2. The van der Waals surface area contributed by atoms with Crippen LogP contribution in [0.15, 0.2) is 24.5 Å². The predicted molar refractivity (Wildman–Crippen MR) is 57.8 cm³/mol. The maximum absolute atomic E-state index is 10.8. The summed E-state index contributed by atoms with van der Waals surface area (Å²) in [7, 11) is 0. The second-order valence-corrected chi connectivity index (χ2v) is 3.49. The third-order valence-electron chi connectivity index (χ3n) is 2.15. The molecule has 0 saturated heterocycles. The van der Waals surface area contributed by atoms with E-state index in [4.69, 9.17) is 5.11 Å². The molecule has 0 fully saturated rings. The maximum atomic E-state index is 10.8. The molecule has 2 N–H and O–H groups in total. The van der Waals surface area contributed by atoms with Gasteiger partial charge in [0.05, 0.1) is 0 Å². The Kier molecular flexibility index (Phi) is 4.44. The third-order valence-corrected chi connectivity index (χ3v) is 2.15. The number of pyridine rings is 1. The van der Waals surface area contributed by atoms with Crippen LogP contribution in [0, 0.1) is 0 Å².